The molecule has 0 unspecified atom stereocenters. The van der Waals surface area contributed by atoms with Gasteiger partial charge in [-0.05, 0) is 42.0 Å². The molecule has 1 fully saturated rings. The number of aromatic amines is 1. The quantitative estimate of drug-likeness (QED) is 0.340. The van der Waals surface area contributed by atoms with Crippen LogP contribution in [-0.2, 0) is 14.8 Å². The number of ether oxygens (including phenoxy) is 2. The Hall–Kier alpha value is -3.08. The first-order valence-electron chi connectivity index (χ1n) is 11.4. The van der Waals surface area contributed by atoms with Gasteiger partial charge in [0.05, 0.1) is 11.6 Å². The van der Waals surface area contributed by atoms with Crippen molar-refractivity contribution in [3.05, 3.63) is 82.5 Å². The zero-order valence-electron chi connectivity index (χ0n) is 19.5. The summed E-state index contributed by atoms with van der Waals surface area (Å²) in [4.78, 5) is 14.7. The van der Waals surface area contributed by atoms with Gasteiger partial charge in [-0.3, -0.25) is 4.79 Å². The molecule has 3 aromatic carbocycles. The number of nitrogens with one attached hydrogen (secondary N) is 1. The van der Waals surface area contributed by atoms with Crippen LogP contribution in [0.2, 0.25) is 10.0 Å². The molecular weight excluding hydrogens is 537 g/mol. The lowest BCUT2D eigenvalue weighted by Gasteiger charge is -2.32. The largest absolute Gasteiger partial charge is 0.491 e. The highest BCUT2D eigenvalue weighted by Crippen LogP contribution is 2.33. The van der Waals surface area contributed by atoms with Crippen LogP contribution in [0.5, 0.6) is 5.75 Å². The molecule has 1 aliphatic heterocycles. The summed E-state index contributed by atoms with van der Waals surface area (Å²) in [5, 5.41) is 1.17. The van der Waals surface area contributed by atoms with Crippen LogP contribution >= 0.6 is 23.2 Å². The van der Waals surface area contributed by atoms with Crippen LogP contribution in [0.25, 0.3) is 22.0 Å². The molecular formula is C26H23Cl2N3O5S. The van der Waals surface area contributed by atoms with Crippen LogP contribution in [0.3, 0.4) is 0 Å². The number of hydrogen-bond acceptors (Lipinski definition) is 5. The smallest absolute Gasteiger partial charge is 0.266 e. The maximum Gasteiger partial charge on any atom is 0.266 e. The Morgan fingerprint density at radius 3 is 2.62 bits per heavy atom. The maximum atomic E-state index is 13.7. The molecule has 1 saturated heterocycles. The van der Waals surface area contributed by atoms with E-state index in [0.717, 1.165) is 11.1 Å². The number of nitrogens with two attached hydrogens (primary N) is 1. The second kappa shape index (κ2) is 10.4. The van der Waals surface area contributed by atoms with E-state index in [1.807, 2.05) is 36.4 Å². The van der Waals surface area contributed by atoms with Gasteiger partial charge in [-0.25, -0.2) is 8.42 Å². The predicted molar refractivity (Wildman–Crippen MR) is 143 cm³/mol. The van der Waals surface area contributed by atoms with Gasteiger partial charge >= 0.3 is 0 Å². The van der Waals surface area contributed by atoms with E-state index in [9.17, 15) is 13.2 Å². The van der Waals surface area contributed by atoms with Gasteiger partial charge in [0.15, 0.2) is 0 Å². The molecule has 2 heterocycles. The number of carbonyl (C=O) groups excluding carboxylic acids is 1. The van der Waals surface area contributed by atoms with Gasteiger partial charge < -0.3 is 20.2 Å². The van der Waals surface area contributed by atoms with Crippen molar-refractivity contribution in [1.82, 2.24) is 9.29 Å². The number of benzene rings is 3. The Kier molecular flexibility index (Phi) is 7.15. The molecule has 1 aromatic heterocycles. The first kappa shape index (κ1) is 25.6. The molecule has 0 aliphatic carbocycles. The molecule has 0 bridgehead atoms. The van der Waals surface area contributed by atoms with E-state index >= 15 is 0 Å². The molecule has 4 aromatic rings. The number of hydrogen-bond donors (Lipinski definition) is 2. The second-order valence-corrected chi connectivity index (χ2v) is 11.3. The minimum Gasteiger partial charge on any atom is -0.491 e. The van der Waals surface area contributed by atoms with Gasteiger partial charge in [0.1, 0.15) is 29.0 Å². The lowest BCUT2D eigenvalue weighted by Crippen LogP contribution is -2.47. The van der Waals surface area contributed by atoms with Gasteiger partial charge in [0, 0.05) is 34.6 Å². The van der Waals surface area contributed by atoms with Crippen LogP contribution in [0.15, 0.2) is 71.6 Å². The Bertz CT molecular complexity index is 1570. The first-order chi connectivity index (χ1) is 17.7. The fourth-order valence-electron chi connectivity index (χ4n) is 4.35. The van der Waals surface area contributed by atoms with Crippen LogP contribution in [0.1, 0.15) is 10.5 Å². The number of primary amides is 1. The van der Waals surface area contributed by atoms with Crippen LogP contribution in [0, 0.1) is 0 Å². The summed E-state index contributed by atoms with van der Waals surface area (Å²) in [6.07, 6.45) is -0.540. The summed E-state index contributed by atoms with van der Waals surface area (Å²) < 4.78 is 40.3. The molecule has 37 heavy (non-hydrogen) atoms. The van der Waals surface area contributed by atoms with Gasteiger partial charge in [-0.15, -0.1) is 0 Å². The molecule has 3 N–H and O–H groups in total. The van der Waals surface area contributed by atoms with Crippen molar-refractivity contribution < 1.29 is 22.7 Å². The van der Waals surface area contributed by atoms with E-state index in [1.165, 1.54) is 10.4 Å². The van der Waals surface area contributed by atoms with Crippen molar-refractivity contribution in [1.29, 1.82) is 0 Å². The lowest BCUT2D eigenvalue weighted by molar-refractivity contribution is -0.0249. The van der Waals surface area contributed by atoms with Crippen molar-refractivity contribution in [2.24, 2.45) is 5.73 Å². The number of sulfonamides is 1. The van der Waals surface area contributed by atoms with Gasteiger partial charge in [-0.1, -0.05) is 53.5 Å². The second-order valence-electron chi connectivity index (χ2n) is 8.56. The summed E-state index contributed by atoms with van der Waals surface area (Å²) >= 11 is 12.6. The summed E-state index contributed by atoms with van der Waals surface area (Å²) in [5.74, 6) is -0.342. The molecule has 0 radical (unpaired) electrons. The molecule has 0 spiro atoms. The van der Waals surface area contributed by atoms with Gasteiger partial charge in [-0.2, -0.15) is 4.31 Å². The average Bonchev–Trinajstić information content (AvgIpc) is 3.28. The van der Waals surface area contributed by atoms with E-state index in [0.29, 0.717) is 26.7 Å². The molecule has 0 saturated carbocycles. The highest BCUT2D eigenvalue weighted by atomic mass is 35.5. The van der Waals surface area contributed by atoms with Gasteiger partial charge in [0.25, 0.3) is 5.91 Å². The van der Waals surface area contributed by atoms with Crippen molar-refractivity contribution in [3.63, 3.8) is 0 Å². The summed E-state index contributed by atoms with van der Waals surface area (Å²) in [5.41, 5.74) is 7.63. The fraction of sp³-hybridized carbons (Fsp3) is 0.192. The van der Waals surface area contributed by atoms with Crippen molar-refractivity contribution in [2.45, 2.75) is 11.0 Å². The number of fused-ring (bicyclic) bond motifs is 1. The first-order valence-corrected chi connectivity index (χ1v) is 13.6. The SMILES string of the molecule is NC(=O)c1[nH]c2ccc(Cl)cc2c1S(=O)(=O)N1CCO[C@H](COc2ccc(-c3ccccc3)c(Cl)c2)C1. The zero-order chi connectivity index (χ0) is 26.2. The third-order valence-corrected chi connectivity index (χ3v) is 8.62. The van der Waals surface area contributed by atoms with E-state index < -0.39 is 22.0 Å². The number of nitrogens with zero attached hydrogens (tertiary/aromatic N) is 1. The van der Waals surface area contributed by atoms with Crippen LogP contribution in [-0.4, -0.2) is 56.0 Å². The number of morpholine rings is 1. The fourth-order valence-corrected chi connectivity index (χ4v) is 6.59. The summed E-state index contributed by atoms with van der Waals surface area (Å²) in [6.45, 7) is 0.414. The monoisotopic (exact) mass is 559 g/mol. The number of aromatic nitrogens is 1. The normalized spacial score (nSPS) is 16.6. The highest BCUT2D eigenvalue weighted by Gasteiger charge is 2.36. The van der Waals surface area contributed by atoms with E-state index in [4.69, 9.17) is 38.4 Å². The standard InChI is InChI=1S/C26H23Cl2N3O5S/c27-17-6-9-23-21(12-17)25(24(30-23)26(29)32)37(33,34)31-10-11-35-19(14-31)15-36-18-7-8-20(22(28)13-18)16-4-2-1-3-5-16/h1-9,12-13,19,30H,10-11,14-15H2,(H2,29,32)/t19-/m0/s1. The predicted octanol–water partition coefficient (Wildman–Crippen LogP) is 4.71. The molecule has 8 nitrogen and oxygen atoms in total. The highest BCUT2D eigenvalue weighted by molar-refractivity contribution is 7.89. The number of H-pyrrole nitrogens is 1. The number of amides is 1. The zero-order valence-corrected chi connectivity index (χ0v) is 21.8. The topological polar surface area (TPSA) is 115 Å². The van der Waals surface area contributed by atoms with E-state index in [2.05, 4.69) is 4.98 Å². The van der Waals surface area contributed by atoms with Crippen molar-refractivity contribution in [3.8, 4) is 16.9 Å². The van der Waals surface area contributed by atoms with Gasteiger partial charge in [0.2, 0.25) is 10.0 Å². The summed E-state index contributed by atoms with van der Waals surface area (Å²) in [7, 11) is -4.11. The number of carbonyl (C=O) groups is 1. The third-order valence-electron chi connectivity index (χ3n) is 6.12. The van der Waals surface area contributed by atoms with Crippen LogP contribution < -0.4 is 10.5 Å². The minimum absolute atomic E-state index is 0.0314. The Balaban J connectivity index is 1.33. The Morgan fingerprint density at radius 2 is 1.89 bits per heavy atom. The maximum absolute atomic E-state index is 13.7. The Labute approximate surface area is 223 Å². The van der Waals surface area contributed by atoms with Crippen molar-refractivity contribution in [2.75, 3.05) is 26.3 Å². The van der Waals surface area contributed by atoms with E-state index in [-0.39, 0.29) is 36.9 Å². The molecule has 1 atom stereocenters. The average molecular weight is 560 g/mol. The molecule has 1 amide bonds. The number of rotatable bonds is 7. The molecule has 1 aliphatic rings. The molecule has 11 heteroatoms. The molecule has 192 valence electrons. The van der Waals surface area contributed by atoms with Crippen LogP contribution in [0.4, 0.5) is 0 Å². The van der Waals surface area contributed by atoms with Crippen molar-refractivity contribution >= 4 is 50.0 Å². The summed E-state index contributed by atoms with van der Waals surface area (Å²) in [6, 6.07) is 19.9. The lowest BCUT2D eigenvalue weighted by atomic mass is 10.1. The Morgan fingerprint density at radius 1 is 1.11 bits per heavy atom. The van der Waals surface area contributed by atoms with E-state index in [1.54, 1.807) is 24.3 Å². The minimum atomic E-state index is -4.11. The number of halogens is 2. The molecule has 5 rings (SSSR count). The third kappa shape index (κ3) is 5.18.